The Labute approximate surface area is 133 Å². The van der Waals surface area contributed by atoms with Crippen molar-refractivity contribution < 1.29 is 4.74 Å². The molecular weight excluding hydrogens is 274 g/mol. The van der Waals surface area contributed by atoms with Gasteiger partial charge in [0.1, 0.15) is 11.9 Å². The second-order valence-electron chi connectivity index (χ2n) is 7.08. The maximum Gasteiger partial charge on any atom is 0.121 e. The van der Waals surface area contributed by atoms with Gasteiger partial charge < -0.3 is 9.64 Å². The number of benzene rings is 1. The minimum Gasteiger partial charge on any atom is -0.489 e. The number of rotatable bonds is 5. The lowest BCUT2D eigenvalue weighted by Gasteiger charge is -2.19. The molecule has 120 valence electrons. The highest BCUT2D eigenvalue weighted by Gasteiger charge is 2.17. The Bertz CT molecular complexity index is 611. The molecule has 1 aromatic heterocycles. The zero-order valence-corrected chi connectivity index (χ0v) is 14.5. The molecule has 2 rings (SSSR count). The second kappa shape index (κ2) is 6.53. The van der Waals surface area contributed by atoms with Crippen LogP contribution in [0.15, 0.2) is 36.5 Å². The molecule has 2 aromatic rings. The summed E-state index contributed by atoms with van der Waals surface area (Å²) in [5.74, 6) is 0.875. The van der Waals surface area contributed by atoms with E-state index in [9.17, 15) is 0 Å². The molecule has 0 bridgehead atoms. The van der Waals surface area contributed by atoms with Gasteiger partial charge in [0.05, 0.1) is 11.4 Å². The molecule has 1 atom stereocenters. The number of ether oxygens (including phenoxy) is 1. The predicted octanol–water partition coefficient (Wildman–Crippen LogP) is 3.50. The molecule has 1 aromatic carbocycles. The topological polar surface area (TPSA) is 30.3 Å². The van der Waals surface area contributed by atoms with Gasteiger partial charge in [0.15, 0.2) is 0 Å². The van der Waals surface area contributed by atoms with Crippen molar-refractivity contribution >= 4 is 0 Å². The number of likely N-dealkylation sites (N-methyl/N-ethyl adjacent to an activating group) is 1. The minimum absolute atomic E-state index is 0.0551. The first-order valence-electron chi connectivity index (χ1n) is 7.73. The quantitative estimate of drug-likeness (QED) is 0.847. The van der Waals surface area contributed by atoms with Crippen molar-refractivity contribution in [3.05, 3.63) is 42.2 Å². The summed E-state index contributed by atoms with van der Waals surface area (Å²) >= 11 is 0. The van der Waals surface area contributed by atoms with Crippen LogP contribution in [0.3, 0.4) is 0 Å². The standard InChI is InChI=1S/C18H27N3O/c1-14(13-20(5)6)22-16-9-7-8-15(12-16)21-11-10-17(19-21)18(2,3)4/h7-12,14H,13H2,1-6H3/t14-/m0/s1. The van der Waals surface area contributed by atoms with E-state index >= 15 is 0 Å². The Morgan fingerprint density at radius 3 is 2.55 bits per heavy atom. The minimum atomic E-state index is 0.0551. The SMILES string of the molecule is C[C@@H](CN(C)C)Oc1cccc(-n2ccc(C(C)(C)C)n2)c1. The first-order valence-corrected chi connectivity index (χ1v) is 7.73. The average Bonchev–Trinajstić information content (AvgIpc) is 2.87. The molecule has 4 nitrogen and oxygen atoms in total. The number of nitrogens with zero attached hydrogens (tertiary/aromatic N) is 3. The van der Waals surface area contributed by atoms with Crippen LogP contribution in [0.25, 0.3) is 5.69 Å². The zero-order chi connectivity index (χ0) is 16.3. The van der Waals surface area contributed by atoms with Gasteiger partial charge in [0, 0.05) is 24.2 Å². The summed E-state index contributed by atoms with van der Waals surface area (Å²) in [7, 11) is 4.10. The van der Waals surface area contributed by atoms with Gasteiger partial charge in [-0.15, -0.1) is 0 Å². The zero-order valence-electron chi connectivity index (χ0n) is 14.5. The van der Waals surface area contributed by atoms with Crippen LogP contribution in [0.4, 0.5) is 0 Å². The van der Waals surface area contributed by atoms with Crippen LogP contribution in [0.1, 0.15) is 33.4 Å². The molecule has 0 radical (unpaired) electrons. The Kier molecular flexibility index (Phi) is 4.91. The third-order valence-electron chi connectivity index (χ3n) is 3.40. The van der Waals surface area contributed by atoms with Gasteiger partial charge in [-0.1, -0.05) is 26.8 Å². The van der Waals surface area contributed by atoms with Gasteiger partial charge in [0.25, 0.3) is 0 Å². The molecule has 4 heteroatoms. The fraction of sp³-hybridized carbons (Fsp3) is 0.500. The summed E-state index contributed by atoms with van der Waals surface area (Å²) in [6.45, 7) is 9.48. The highest BCUT2D eigenvalue weighted by Crippen LogP contribution is 2.22. The molecule has 1 heterocycles. The van der Waals surface area contributed by atoms with Crippen LogP contribution < -0.4 is 4.74 Å². The fourth-order valence-electron chi connectivity index (χ4n) is 2.35. The van der Waals surface area contributed by atoms with E-state index in [1.54, 1.807) is 0 Å². The number of hydrogen-bond donors (Lipinski definition) is 0. The normalized spacial score (nSPS) is 13.4. The molecule has 0 fully saturated rings. The van der Waals surface area contributed by atoms with E-state index in [1.165, 1.54) is 0 Å². The van der Waals surface area contributed by atoms with Crippen LogP contribution in [0.2, 0.25) is 0 Å². The third-order valence-corrected chi connectivity index (χ3v) is 3.40. The van der Waals surface area contributed by atoms with Crippen molar-refractivity contribution in [1.82, 2.24) is 14.7 Å². The van der Waals surface area contributed by atoms with Gasteiger partial charge in [-0.2, -0.15) is 5.10 Å². The van der Waals surface area contributed by atoms with Gasteiger partial charge >= 0.3 is 0 Å². The van der Waals surface area contributed by atoms with Gasteiger partial charge in [-0.3, -0.25) is 0 Å². The van der Waals surface area contributed by atoms with E-state index in [4.69, 9.17) is 4.74 Å². The highest BCUT2D eigenvalue weighted by molar-refractivity contribution is 5.39. The van der Waals surface area contributed by atoms with Crippen molar-refractivity contribution in [2.45, 2.75) is 39.2 Å². The molecule has 0 N–H and O–H groups in total. The Morgan fingerprint density at radius 2 is 1.95 bits per heavy atom. The van der Waals surface area contributed by atoms with Crippen LogP contribution in [0, 0.1) is 0 Å². The number of hydrogen-bond acceptors (Lipinski definition) is 3. The van der Waals surface area contributed by atoms with Crippen molar-refractivity contribution in [3.63, 3.8) is 0 Å². The van der Waals surface area contributed by atoms with Crippen LogP contribution in [0.5, 0.6) is 5.75 Å². The molecule has 0 unspecified atom stereocenters. The lowest BCUT2D eigenvalue weighted by Crippen LogP contribution is -2.27. The smallest absolute Gasteiger partial charge is 0.121 e. The van der Waals surface area contributed by atoms with Crippen molar-refractivity contribution in [1.29, 1.82) is 0 Å². The summed E-state index contributed by atoms with van der Waals surface area (Å²) in [4.78, 5) is 2.12. The lowest BCUT2D eigenvalue weighted by molar-refractivity contribution is 0.177. The maximum absolute atomic E-state index is 5.98. The summed E-state index contributed by atoms with van der Waals surface area (Å²) in [5, 5.41) is 4.67. The summed E-state index contributed by atoms with van der Waals surface area (Å²) in [6.07, 6.45) is 2.15. The van der Waals surface area contributed by atoms with Crippen LogP contribution in [-0.2, 0) is 5.41 Å². The lowest BCUT2D eigenvalue weighted by atomic mass is 9.93. The van der Waals surface area contributed by atoms with Crippen molar-refractivity contribution in [2.75, 3.05) is 20.6 Å². The van der Waals surface area contributed by atoms with Crippen LogP contribution in [-0.4, -0.2) is 41.4 Å². The largest absolute Gasteiger partial charge is 0.489 e. The van der Waals surface area contributed by atoms with Gasteiger partial charge in [-0.05, 0) is 39.2 Å². The summed E-state index contributed by atoms with van der Waals surface area (Å²) < 4.78 is 7.89. The molecule has 0 saturated heterocycles. The Balaban J connectivity index is 2.16. The molecule has 0 saturated carbocycles. The van der Waals surface area contributed by atoms with Gasteiger partial charge in [0.2, 0.25) is 0 Å². The molecule has 0 spiro atoms. The van der Waals surface area contributed by atoms with Gasteiger partial charge in [-0.25, -0.2) is 4.68 Å². The Morgan fingerprint density at radius 1 is 1.23 bits per heavy atom. The van der Waals surface area contributed by atoms with E-state index in [1.807, 2.05) is 49.2 Å². The second-order valence-corrected chi connectivity index (χ2v) is 7.08. The first-order chi connectivity index (χ1) is 10.3. The Hall–Kier alpha value is -1.81. The fourth-order valence-corrected chi connectivity index (χ4v) is 2.35. The monoisotopic (exact) mass is 301 g/mol. The molecule has 0 amide bonds. The summed E-state index contributed by atoms with van der Waals surface area (Å²) in [5.41, 5.74) is 2.16. The highest BCUT2D eigenvalue weighted by atomic mass is 16.5. The predicted molar refractivity (Wildman–Crippen MR) is 90.9 cm³/mol. The summed E-state index contributed by atoms with van der Waals surface area (Å²) in [6, 6.07) is 10.1. The average molecular weight is 301 g/mol. The molecule has 22 heavy (non-hydrogen) atoms. The molecule has 0 aliphatic carbocycles. The number of aromatic nitrogens is 2. The molecular formula is C18H27N3O. The van der Waals surface area contributed by atoms with E-state index in [0.29, 0.717) is 0 Å². The van der Waals surface area contributed by atoms with Crippen LogP contribution >= 0.6 is 0 Å². The van der Waals surface area contributed by atoms with E-state index in [2.05, 4.69) is 43.8 Å². The first kappa shape index (κ1) is 16.6. The van der Waals surface area contributed by atoms with E-state index in [-0.39, 0.29) is 11.5 Å². The third kappa shape index (κ3) is 4.34. The molecule has 0 aliphatic rings. The molecule has 0 aliphatic heterocycles. The van der Waals surface area contributed by atoms with E-state index < -0.39 is 0 Å². The van der Waals surface area contributed by atoms with E-state index in [0.717, 1.165) is 23.7 Å². The van der Waals surface area contributed by atoms with Crippen molar-refractivity contribution in [2.24, 2.45) is 0 Å². The van der Waals surface area contributed by atoms with Crippen molar-refractivity contribution in [3.8, 4) is 11.4 Å². The maximum atomic E-state index is 5.98.